The topological polar surface area (TPSA) is 82.2 Å². The van der Waals surface area contributed by atoms with Crippen LogP contribution in [-0.2, 0) is 19.7 Å². The molecule has 1 amide bonds. The number of carbonyl (C=O) groups excluding carboxylic acids is 1. The lowest BCUT2D eigenvalue weighted by atomic mass is 9.97. The Morgan fingerprint density at radius 1 is 1.04 bits per heavy atom. The van der Waals surface area contributed by atoms with Crippen molar-refractivity contribution < 1.29 is 17.9 Å². The number of rotatable bonds is 8. The van der Waals surface area contributed by atoms with Crippen LogP contribution in [0.5, 0.6) is 0 Å². The molecule has 3 rings (SSSR count). The van der Waals surface area contributed by atoms with Crippen molar-refractivity contribution in [2.24, 2.45) is 5.92 Å². The zero-order valence-corrected chi connectivity index (χ0v) is 17.4. The second-order valence-corrected chi connectivity index (χ2v) is 10.1. The van der Waals surface area contributed by atoms with Crippen molar-refractivity contribution in [1.29, 1.82) is 0 Å². The summed E-state index contributed by atoms with van der Waals surface area (Å²) >= 11 is 0. The van der Waals surface area contributed by atoms with Crippen molar-refractivity contribution in [1.82, 2.24) is 18.8 Å². The SMILES string of the molecule is CN(C)S(=O)(=O)NCCN(C1CCOCC1)C1CCN(C(=O)C2CC2)CC1. The number of carbonyl (C=O) groups is 1. The van der Waals surface area contributed by atoms with E-state index in [1.54, 1.807) is 0 Å². The molecule has 0 aromatic rings. The van der Waals surface area contributed by atoms with Gasteiger partial charge in [-0.25, -0.2) is 4.72 Å². The van der Waals surface area contributed by atoms with E-state index in [0.717, 1.165) is 64.8 Å². The molecule has 0 spiro atoms. The highest BCUT2D eigenvalue weighted by molar-refractivity contribution is 7.87. The Kier molecular flexibility index (Phi) is 7.13. The van der Waals surface area contributed by atoms with Gasteiger partial charge in [0.15, 0.2) is 0 Å². The molecule has 1 aliphatic carbocycles. The van der Waals surface area contributed by atoms with E-state index < -0.39 is 10.2 Å². The fourth-order valence-electron chi connectivity index (χ4n) is 4.12. The molecule has 9 heteroatoms. The van der Waals surface area contributed by atoms with Gasteiger partial charge in [0, 0.05) is 71.5 Å². The minimum atomic E-state index is -3.40. The van der Waals surface area contributed by atoms with Crippen molar-refractivity contribution in [3.63, 3.8) is 0 Å². The quantitative estimate of drug-likeness (QED) is 0.630. The molecule has 8 nitrogen and oxygen atoms in total. The number of nitrogens with zero attached hydrogens (tertiary/aromatic N) is 3. The molecule has 1 saturated carbocycles. The molecule has 3 aliphatic rings. The molecule has 3 fully saturated rings. The third-order valence-electron chi connectivity index (χ3n) is 5.97. The van der Waals surface area contributed by atoms with Crippen LogP contribution in [0.25, 0.3) is 0 Å². The van der Waals surface area contributed by atoms with E-state index in [2.05, 4.69) is 9.62 Å². The minimum absolute atomic E-state index is 0.286. The molecule has 2 aliphatic heterocycles. The molecule has 0 aromatic heterocycles. The molecule has 156 valence electrons. The molecular weight excluding hydrogens is 368 g/mol. The summed E-state index contributed by atoms with van der Waals surface area (Å²) in [6.07, 6.45) is 6.02. The summed E-state index contributed by atoms with van der Waals surface area (Å²) in [6, 6.07) is 0.832. The van der Waals surface area contributed by atoms with Crippen LogP contribution in [0.2, 0.25) is 0 Å². The van der Waals surface area contributed by atoms with Gasteiger partial charge in [0.1, 0.15) is 0 Å². The summed E-state index contributed by atoms with van der Waals surface area (Å²) < 4.78 is 33.4. The number of ether oxygens (including phenoxy) is 1. The van der Waals surface area contributed by atoms with Crippen LogP contribution < -0.4 is 4.72 Å². The van der Waals surface area contributed by atoms with Crippen LogP contribution in [0.4, 0.5) is 0 Å². The second kappa shape index (κ2) is 9.17. The molecule has 0 atom stereocenters. The monoisotopic (exact) mass is 402 g/mol. The largest absolute Gasteiger partial charge is 0.381 e. The fourth-order valence-corrected chi connectivity index (χ4v) is 4.73. The van der Waals surface area contributed by atoms with Gasteiger partial charge in [-0.3, -0.25) is 9.69 Å². The van der Waals surface area contributed by atoms with E-state index in [1.807, 2.05) is 4.90 Å². The molecule has 0 unspecified atom stereocenters. The Morgan fingerprint density at radius 2 is 1.63 bits per heavy atom. The van der Waals surface area contributed by atoms with Crippen LogP contribution in [0.1, 0.15) is 38.5 Å². The Morgan fingerprint density at radius 3 is 2.19 bits per heavy atom. The highest BCUT2D eigenvalue weighted by atomic mass is 32.2. The van der Waals surface area contributed by atoms with E-state index in [-0.39, 0.29) is 5.92 Å². The first kappa shape index (κ1) is 21.0. The zero-order valence-electron chi connectivity index (χ0n) is 16.6. The van der Waals surface area contributed by atoms with Crippen LogP contribution in [0, 0.1) is 5.92 Å². The summed E-state index contributed by atoms with van der Waals surface area (Å²) in [5, 5.41) is 0. The summed E-state index contributed by atoms with van der Waals surface area (Å²) in [5.74, 6) is 0.624. The van der Waals surface area contributed by atoms with Crippen LogP contribution in [-0.4, -0.2) is 94.0 Å². The van der Waals surface area contributed by atoms with Crippen LogP contribution >= 0.6 is 0 Å². The summed E-state index contributed by atoms with van der Waals surface area (Å²) in [6.45, 7) is 4.28. The Bertz CT molecular complexity index is 594. The Hall–Kier alpha value is -0.740. The van der Waals surface area contributed by atoms with Crippen LogP contribution in [0.15, 0.2) is 0 Å². The normalized spacial score (nSPS) is 23.3. The standard InChI is InChI=1S/C18H34N4O4S/c1-20(2)27(24,25)19-9-12-22(17-7-13-26-14-8-17)16-5-10-21(11-6-16)18(23)15-3-4-15/h15-17,19H,3-14H2,1-2H3. The molecule has 1 N–H and O–H groups in total. The van der Waals surface area contributed by atoms with E-state index >= 15 is 0 Å². The lowest BCUT2D eigenvalue weighted by Crippen LogP contribution is -2.53. The lowest BCUT2D eigenvalue weighted by molar-refractivity contribution is -0.134. The molecule has 0 radical (unpaired) electrons. The first-order valence-corrected chi connectivity index (χ1v) is 11.6. The van der Waals surface area contributed by atoms with Crippen molar-refractivity contribution in [2.75, 3.05) is 53.5 Å². The molecule has 0 aromatic carbocycles. The fraction of sp³-hybridized carbons (Fsp3) is 0.944. The molecule has 2 heterocycles. The average Bonchev–Trinajstić information content (AvgIpc) is 3.51. The van der Waals surface area contributed by atoms with Gasteiger partial charge in [-0.1, -0.05) is 0 Å². The number of likely N-dealkylation sites (tertiary alicyclic amines) is 1. The highest BCUT2D eigenvalue weighted by Gasteiger charge is 2.37. The molecule has 27 heavy (non-hydrogen) atoms. The van der Waals surface area contributed by atoms with Crippen LogP contribution in [0.3, 0.4) is 0 Å². The number of amides is 1. The number of hydrogen-bond donors (Lipinski definition) is 1. The van der Waals surface area contributed by atoms with Gasteiger partial charge < -0.3 is 9.64 Å². The minimum Gasteiger partial charge on any atom is -0.381 e. The maximum Gasteiger partial charge on any atom is 0.278 e. The first-order valence-electron chi connectivity index (χ1n) is 10.2. The summed E-state index contributed by atoms with van der Waals surface area (Å²) in [7, 11) is -0.333. The Labute approximate surface area is 163 Å². The zero-order chi connectivity index (χ0) is 19.4. The van der Waals surface area contributed by atoms with E-state index in [9.17, 15) is 13.2 Å². The van der Waals surface area contributed by atoms with Crippen molar-refractivity contribution in [3.8, 4) is 0 Å². The van der Waals surface area contributed by atoms with Gasteiger partial charge >= 0.3 is 0 Å². The molecular formula is C18H34N4O4S. The summed E-state index contributed by atoms with van der Waals surface area (Å²) in [5.41, 5.74) is 0. The third-order valence-corrected chi connectivity index (χ3v) is 7.50. The highest BCUT2D eigenvalue weighted by Crippen LogP contribution is 2.32. The Balaban J connectivity index is 1.56. The predicted octanol–water partition coefficient (Wildman–Crippen LogP) is 0.264. The average molecular weight is 403 g/mol. The van der Waals surface area contributed by atoms with E-state index in [0.29, 0.717) is 31.1 Å². The molecule has 0 bridgehead atoms. The van der Waals surface area contributed by atoms with Gasteiger partial charge in [0.05, 0.1) is 0 Å². The summed E-state index contributed by atoms with van der Waals surface area (Å²) in [4.78, 5) is 16.8. The van der Waals surface area contributed by atoms with Crippen molar-refractivity contribution in [3.05, 3.63) is 0 Å². The van der Waals surface area contributed by atoms with Crippen molar-refractivity contribution >= 4 is 16.1 Å². The number of piperidine rings is 1. The second-order valence-electron chi connectivity index (χ2n) is 8.09. The van der Waals surface area contributed by atoms with Gasteiger partial charge in [-0.2, -0.15) is 12.7 Å². The van der Waals surface area contributed by atoms with Gasteiger partial charge in [-0.15, -0.1) is 0 Å². The maximum absolute atomic E-state index is 12.3. The third kappa shape index (κ3) is 5.63. The lowest BCUT2D eigenvalue weighted by Gasteiger charge is -2.43. The first-order chi connectivity index (χ1) is 12.9. The van der Waals surface area contributed by atoms with Crippen molar-refractivity contribution in [2.45, 2.75) is 50.6 Å². The van der Waals surface area contributed by atoms with Gasteiger partial charge in [0.2, 0.25) is 5.91 Å². The smallest absolute Gasteiger partial charge is 0.278 e. The van der Waals surface area contributed by atoms with Gasteiger partial charge in [-0.05, 0) is 38.5 Å². The number of nitrogens with one attached hydrogen (secondary N) is 1. The van der Waals surface area contributed by atoms with Gasteiger partial charge in [0.25, 0.3) is 10.2 Å². The van der Waals surface area contributed by atoms with E-state index in [1.165, 1.54) is 18.4 Å². The molecule has 2 saturated heterocycles. The number of hydrogen-bond acceptors (Lipinski definition) is 5. The maximum atomic E-state index is 12.3. The predicted molar refractivity (Wildman–Crippen MR) is 103 cm³/mol. The van der Waals surface area contributed by atoms with E-state index in [4.69, 9.17) is 4.74 Å².